The van der Waals surface area contributed by atoms with E-state index < -0.39 is 21.7 Å². The molecule has 0 bridgehead atoms. The summed E-state index contributed by atoms with van der Waals surface area (Å²) in [6, 6.07) is 19.5. The fraction of sp³-hybridized carbons (Fsp3) is 0.538. The first-order valence-electron chi connectivity index (χ1n) is 17.6. The van der Waals surface area contributed by atoms with Crippen LogP contribution in [0.3, 0.4) is 0 Å². The molecule has 3 atom stereocenters. The van der Waals surface area contributed by atoms with Gasteiger partial charge in [0.15, 0.2) is 11.5 Å². The predicted octanol–water partition coefficient (Wildman–Crippen LogP) is 7.00. The second-order valence-electron chi connectivity index (χ2n) is 13.5. The smallest absolute Gasteiger partial charge is 0.203 e. The molecule has 49 heavy (non-hydrogen) atoms. The molecule has 5 rings (SSSR count). The van der Waals surface area contributed by atoms with Gasteiger partial charge < -0.3 is 39.0 Å². The Morgan fingerprint density at radius 1 is 0.939 bits per heavy atom. The van der Waals surface area contributed by atoms with Gasteiger partial charge in [-0.15, -0.1) is 0 Å². The number of likely N-dealkylation sites (tertiary alicyclic amines) is 1. The van der Waals surface area contributed by atoms with Crippen molar-refractivity contribution in [3.63, 3.8) is 0 Å². The molecule has 2 aliphatic rings. The lowest BCUT2D eigenvalue weighted by Crippen LogP contribution is -2.54. The van der Waals surface area contributed by atoms with E-state index in [4.69, 9.17) is 18.9 Å². The summed E-state index contributed by atoms with van der Waals surface area (Å²) in [5, 5.41) is 15.1. The first-order valence-corrected chi connectivity index (χ1v) is 18.7. The summed E-state index contributed by atoms with van der Waals surface area (Å²) in [6.45, 7) is 10.6. The van der Waals surface area contributed by atoms with E-state index in [-0.39, 0.29) is 5.92 Å². The van der Waals surface area contributed by atoms with Crippen molar-refractivity contribution in [2.45, 2.75) is 74.7 Å². The van der Waals surface area contributed by atoms with Crippen molar-refractivity contribution in [1.82, 2.24) is 14.9 Å². The van der Waals surface area contributed by atoms with Gasteiger partial charge in [-0.05, 0) is 107 Å². The van der Waals surface area contributed by atoms with Crippen LogP contribution in [0.5, 0.6) is 23.0 Å². The maximum atomic E-state index is 14.3. The Hall–Kier alpha value is -3.15. The molecule has 0 aliphatic carbocycles. The molecule has 3 aromatic rings. The number of ether oxygens (including phenoxy) is 4. The average Bonchev–Trinajstić information content (AvgIpc) is 3.13. The van der Waals surface area contributed by atoms with Gasteiger partial charge in [-0.1, -0.05) is 50.2 Å². The van der Waals surface area contributed by atoms with Crippen LogP contribution in [-0.2, 0) is 22.1 Å². The van der Waals surface area contributed by atoms with Crippen LogP contribution >= 0.6 is 0 Å². The normalized spacial score (nSPS) is 21.9. The molecule has 0 spiro atoms. The number of hydrogen-bond acceptors (Lipinski definition) is 9. The highest BCUT2D eigenvalue weighted by Crippen LogP contribution is 2.52. The molecule has 0 aromatic heterocycles. The third-order valence-corrected chi connectivity index (χ3v) is 12.6. The van der Waals surface area contributed by atoms with Crippen LogP contribution in [0.15, 0.2) is 65.6 Å². The minimum Gasteiger partial charge on any atom is -0.783 e. The lowest BCUT2D eigenvalue weighted by molar-refractivity contribution is 0.121. The Morgan fingerprint density at radius 2 is 1.59 bits per heavy atom. The summed E-state index contributed by atoms with van der Waals surface area (Å²) in [7, 11) is 5.58. The molecular formula is C39H54N3O6S-. The SMILES string of the molecule is COc1cc(CCN(C)C2CCN(CCCCOc3ccccc3C3(C(C)C)N([O-])C(C)c4ccccc4S3=O)CC2)cc(OC)c1OC. The van der Waals surface area contributed by atoms with Crippen molar-refractivity contribution in [3.05, 3.63) is 82.6 Å². The zero-order valence-electron chi connectivity index (χ0n) is 30.3. The highest BCUT2D eigenvalue weighted by atomic mass is 32.2. The van der Waals surface area contributed by atoms with Crippen LogP contribution in [0.1, 0.15) is 69.2 Å². The number of hydrogen-bond donors (Lipinski definition) is 0. The van der Waals surface area contributed by atoms with Gasteiger partial charge in [-0.3, -0.25) is 4.21 Å². The zero-order valence-corrected chi connectivity index (χ0v) is 31.1. The summed E-state index contributed by atoms with van der Waals surface area (Å²) in [5.74, 6) is 2.45. The van der Waals surface area contributed by atoms with Gasteiger partial charge in [0, 0.05) is 29.1 Å². The molecule has 9 nitrogen and oxygen atoms in total. The highest BCUT2D eigenvalue weighted by molar-refractivity contribution is 7.86. The summed E-state index contributed by atoms with van der Waals surface area (Å²) in [5.41, 5.74) is 2.70. The number of unbranched alkanes of at least 4 members (excludes halogenated alkanes) is 1. The lowest BCUT2D eigenvalue weighted by Gasteiger charge is -2.56. The number of nitrogens with zero attached hydrogens (tertiary/aromatic N) is 3. The molecule has 2 heterocycles. The van der Waals surface area contributed by atoms with Crippen molar-refractivity contribution in [2.75, 3.05) is 61.2 Å². The predicted molar refractivity (Wildman–Crippen MR) is 196 cm³/mol. The third-order valence-electron chi connectivity index (χ3n) is 10.4. The molecule has 1 saturated heterocycles. The van der Waals surface area contributed by atoms with E-state index >= 15 is 0 Å². The van der Waals surface area contributed by atoms with Crippen molar-refractivity contribution < 1.29 is 23.2 Å². The molecular weight excluding hydrogens is 639 g/mol. The van der Waals surface area contributed by atoms with E-state index in [1.54, 1.807) is 21.3 Å². The molecule has 0 N–H and O–H groups in total. The number of hydroxylamine groups is 2. The second kappa shape index (κ2) is 16.7. The molecule has 3 aromatic carbocycles. The van der Waals surface area contributed by atoms with Crippen molar-refractivity contribution in [1.29, 1.82) is 0 Å². The van der Waals surface area contributed by atoms with Gasteiger partial charge in [0.1, 0.15) is 10.6 Å². The Labute approximate surface area is 295 Å². The fourth-order valence-corrected chi connectivity index (χ4v) is 9.62. The number of benzene rings is 3. The standard InChI is InChI=1S/C39H54N3O6S/c1-28(2)39(42(43)29(3)32-14-8-11-17-37(32)49(39)44)33-15-9-10-16-34(33)48-25-13-12-21-41-23-19-31(20-24-41)40(4)22-18-30-26-35(45-5)38(47-7)36(27-30)46-6/h8-11,14-17,26-29,31H,12-13,18-25H2,1-7H3/q-1. The maximum absolute atomic E-state index is 14.3. The van der Waals surface area contributed by atoms with Crippen LogP contribution in [0, 0.1) is 11.1 Å². The largest absolute Gasteiger partial charge is 0.783 e. The minimum atomic E-state index is -1.58. The Kier molecular flexibility index (Phi) is 12.7. The van der Waals surface area contributed by atoms with E-state index in [9.17, 15) is 9.42 Å². The lowest BCUT2D eigenvalue weighted by atomic mass is 9.91. The molecule has 1 fully saturated rings. The molecule has 2 aliphatic heterocycles. The first-order chi connectivity index (χ1) is 23.7. The van der Waals surface area contributed by atoms with E-state index in [2.05, 4.69) is 16.8 Å². The molecule has 0 radical (unpaired) electrons. The summed E-state index contributed by atoms with van der Waals surface area (Å²) in [6.07, 6.45) is 5.14. The van der Waals surface area contributed by atoms with E-state index in [1.165, 1.54) is 5.56 Å². The molecule has 0 amide bonds. The third kappa shape index (κ3) is 7.64. The van der Waals surface area contributed by atoms with Gasteiger partial charge in [0.05, 0.1) is 38.7 Å². The number of piperidine rings is 1. The van der Waals surface area contributed by atoms with Crippen LogP contribution in [0.25, 0.3) is 0 Å². The zero-order chi connectivity index (χ0) is 35.1. The van der Waals surface area contributed by atoms with E-state index in [1.807, 2.05) is 81.4 Å². The number of rotatable bonds is 15. The van der Waals surface area contributed by atoms with Gasteiger partial charge in [0.2, 0.25) is 5.75 Å². The van der Waals surface area contributed by atoms with Gasteiger partial charge in [0.25, 0.3) is 0 Å². The first kappa shape index (κ1) is 37.1. The molecule has 10 heteroatoms. The number of methoxy groups -OCH3 is 3. The number of likely N-dealkylation sites (N-methyl/N-ethyl adjacent to an activating group) is 1. The number of para-hydroxylation sites is 1. The fourth-order valence-electron chi connectivity index (χ4n) is 7.52. The Bertz CT molecular complexity index is 1540. The Balaban J connectivity index is 1.11. The van der Waals surface area contributed by atoms with Crippen molar-refractivity contribution in [3.8, 4) is 23.0 Å². The van der Waals surface area contributed by atoms with Gasteiger partial charge >= 0.3 is 0 Å². The van der Waals surface area contributed by atoms with Crippen LogP contribution < -0.4 is 18.9 Å². The summed E-state index contributed by atoms with van der Waals surface area (Å²) >= 11 is 0. The summed E-state index contributed by atoms with van der Waals surface area (Å²) < 4.78 is 37.2. The molecule has 0 saturated carbocycles. The summed E-state index contributed by atoms with van der Waals surface area (Å²) in [4.78, 5) is 4.54. The van der Waals surface area contributed by atoms with Gasteiger partial charge in [-0.2, -0.15) is 0 Å². The Morgan fingerprint density at radius 3 is 2.24 bits per heavy atom. The van der Waals surface area contributed by atoms with Crippen LogP contribution in [-0.4, -0.2) is 86.3 Å². The van der Waals surface area contributed by atoms with Crippen LogP contribution in [0.2, 0.25) is 0 Å². The number of fused-ring (bicyclic) bond motifs is 1. The van der Waals surface area contributed by atoms with Crippen molar-refractivity contribution in [2.24, 2.45) is 5.92 Å². The second-order valence-corrected chi connectivity index (χ2v) is 15.1. The topological polar surface area (TPSA) is 86.8 Å². The quantitative estimate of drug-likeness (QED) is 0.156. The monoisotopic (exact) mass is 692 g/mol. The van der Waals surface area contributed by atoms with Gasteiger partial charge in [-0.25, -0.2) is 0 Å². The molecule has 268 valence electrons. The highest BCUT2D eigenvalue weighted by Gasteiger charge is 2.50. The van der Waals surface area contributed by atoms with Crippen molar-refractivity contribution >= 4 is 10.8 Å². The maximum Gasteiger partial charge on any atom is 0.203 e. The molecule has 3 unspecified atom stereocenters. The average molecular weight is 693 g/mol. The van der Waals surface area contributed by atoms with Crippen LogP contribution in [0.4, 0.5) is 0 Å². The minimum absolute atomic E-state index is 0.206. The van der Waals surface area contributed by atoms with E-state index in [0.29, 0.717) is 41.2 Å². The van der Waals surface area contributed by atoms with E-state index in [0.717, 1.165) is 73.8 Å².